The van der Waals surface area contributed by atoms with Crippen LogP contribution in [-0.2, 0) is 11.3 Å². The average molecular weight is 294 g/mol. The lowest BCUT2D eigenvalue weighted by molar-refractivity contribution is -0.123. The molecule has 0 spiro atoms. The minimum absolute atomic E-state index is 0.0181. The van der Waals surface area contributed by atoms with Gasteiger partial charge in [0.1, 0.15) is 5.82 Å². The van der Waals surface area contributed by atoms with Crippen molar-refractivity contribution in [1.82, 2.24) is 16.0 Å². The fourth-order valence-electron chi connectivity index (χ4n) is 1.62. The maximum atomic E-state index is 13.0. The number of carbonyl (C=O) groups excluding carboxylic acids is 1. The molecule has 0 unspecified atom stereocenters. The van der Waals surface area contributed by atoms with Crippen LogP contribution in [0.15, 0.2) is 29.3 Å². The number of aliphatic imine (C=N–C) groups is 1. The highest BCUT2D eigenvalue weighted by atomic mass is 19.1. The fraction of sp³-hybridized carbons (Fsp3) is 0.467. The molecule has 3 N–H and O–H groups in total. The van der Waals surface area contributed by atoms with Crippen LogP contribution >= 0.6 is 0 Å². The Bertz CT molecular complexity index is 488. The number of nitrogens with zero attached hydrogens (tertiary/aromatic N) is 1. The summed E-state index contributed by atoms with van der Waals surface area (Å²) >= 11 is 0. The van der Waals surface area contributed by atoms with Gasteiger partial charge in [0.25, 0.3) is 0 Å². The second kappa shape index (κ2) is 8.94. The molecule has 0 aliphatic carbocycles. The molecule has 0 fully saturated rings. The fourth-order valence-corrected chi connectivity index (χ4v) is 1.62. The molecule has 5 nitrogen and oxygen atoms in total. The van der Waals surface area contributed by atoms with Crippen molar-refractivity contribution in [3.63, 3.8) is 0 Å². The Balaban J connectivity index is 2.28. The van der Waals surface area contributed by atoms with Gasteiger partial charge in [-0.1, -0.05) is 26.0 Å². The third kappa shape index (κ3) is 6.74. The Morgan fingerprint density at radius 1 is 1.24 bits per heavy atom. The van der Waals surface area contributed by atoms with Gasteiger partial charge in [0.05, 0.1) is 0 Å². The molecule has 0 saturated carbocycles. The minimum atomic E-state index is -0.256. The number of rotatable bonds is 6. The Hall–Kier alpha value is -2.11. The molecule has 0 atom stereocenters. The number of benzene rings is 1. The van der Waals surface area contributed by atoms with Gasteiger partial charge in [-0.25, -0.2) is 4.39 Å². The Morgan fingerprint density at radius 3 is 2.57 bits per heavy atom. The smallest absolute Gasteiger partial charge is 0.222 e. The Labute approximate surface area is 125 Å². The summed E-state index contributed by atoms with van der Waals surface area (Å²) in [6.45, 7) is 5.28. The number of hydrogen-bond acceptors (Lipinski definition) is 2. The lowest BCUT2D eigenvalue weighted by Gasteiger charge is -2.13. The molecular weight excluding hydrogens is 271 g/mol. The molecule has 6 heteroatoms. The number of halogens is 1. The maximum Gasteiger partial charge on any atom is 0.222 e. The van der Waals surface area contributed by atoms with Gasteiger partial charge in [-0.3, -0.25) is 9.79 Å². The zero-order valence-corrected chi connectivity index (χ0v) is 12.7. The van der Waals surface area contributed by atoms with E-state index >= 15 is 0 Å². The van der Waals surface area contributed by atoms with Crippen LogP contribution in [0.3, 0.4) is 0 Å². The van der Waals surface area contributed by atoms with E-state index in [0.717, 1.165) is 5.56 Å². The second-order valence-electron chi connectivity index (χ2n) is 4.93. The highest BCUT2D eigenvalue weighted by molar-refractivity contribution is 5.80. The molecule has 0 aromatic heterocycles. The molecule has 0 saturated heterocycles. The Kier molecular flexibility index (Phi) is 7.21. The van der Waals surface area contributed by atoms with Gasteiger partial charge >= 0.3 is 0 Å². The number of amides is 1. The molecule has 0 aliphatic heterocycles. The maximum absolute atomic E-state index is 13.0. The highest BCUT2D eigenvalue weighted by Crippen LogP contribution is 2.02. The van der Waals surface area contributed by atoms with Crippen LogP contribution in [0.25, 0.3) is 0 Å². The SMILES string of the molecule is CN=C(NCCNC(=O)C(C)C)NCc1cccc(F)c1. The third-order valence-electron chi connectivity index (χ3n) is 2.81. The van der Waals surface area contributed by atoms with Gasteiger partial charge in [0.2, 0.25) is 5.91 Å². The first-order chi connectivity index (χ1) is 10.0. The predicted molar refractivity (Wildman–Crippen MR) is 82.4 cm³/mol. The summed E-state index contributed by atoms with van der Waals surface area (Å²) < 4.78 is 13.0. The van der Waals surface area contributed by atoms with E-state index in [-0.39, 0.29) is 17.6 Å². The van der Waals surface area contributed by atoms with Crippen LogP contribution in [0.1, 0.15) is 19.4 Å². The summed E-state index contributed by atoms with van der Waals surface area (Å²) in [5, 5.41) is 8.97. The molecule has 1 aromatic carbocycles. The van der Waals surface area contributed by atoms with Crippen molar-refractivity contribution in [2.45, 2.75) is 20.4 Å². The molecule has 1 amide bonds. The number of carbonyl (C=O) groups is 1. The summed E-state index contributed by atoms with van der Waals surface area (Å²) in [5.74, 6) is 0.363. The van der Waals surface area contributed by atoms with E-state index in [0.29, 0.717) is 25.6 Å². The third-order valence-corrected chi connectivity index (χ3v) is 2.81. The van der Waals surface area contributed by atoms with Crippen molar-refractivity contribution >= 4 is 11.9 Å². The van der Waals surface area contributed by atoms with E-state index in [4.69, 9.17) is 0 Å². The molecule has 1 rings (SSSR count). The standard InChI is InChI=1S/C15H23FN4O/c1-11(2)14(21)18-7-8-19-15(17-3)20-10-12-5-4-6-13(16)9-12/h4-6,9,11H,7-8,10H2,1-3H3,(H,18,21)(H2,17,19,20). The van der Waals surface area contributed by atoms with Crippen molar-refractivity contribution in [2.24, 2.45) is 10.9 Å². The van der Waals surface area contributed by atoms with Gasteiger partial charge in [-0.15, -0.1) is 0 Å². The summed E-state index contributed by atoms with van der Waals surface area (Å²) in [5.41, 5.74) is 0.839. The van der Waals surface area contributed by atoms with Crippen molar-refractivity contribution in [2.75, 3.05) is 20.1 Å². The molecule has 0 bridgehead atoms. The monoisotopic (exact) mass is 294 g/mol. The van der Waals surface area contributed by atoms with Gasteiger partial charge in [-0.2, -0.15) is 0 Å². The van der Waals surface area contributed by atoms with Gasteiger partial charge in [-0.05, 0) is 17.7 Å². The van der Waals surface area contributed by atoms with Gasteiger partial charge < -0.3 is 16.0 Å². The van der Waals surface area contributed by atoms with E-state index in [1.807, 2.05) is 19.9 Å². The lowest BCUT2D eigenvalue weighted by Crippen LogP contribution is -2.41. The largest absolute Gasteiger partial charge is 0.355 e. The molecule has 0 radical (unpaired) electrons. The second-order valence-corrected chi connectivity index (χ2v) is 4.93. The Morgan fingerprint density at radius 2 is 1.95 bits per heavy atom. The number of guanidine groups is 1. The van der Waals surface area contributed by atoms with Crippen molar-refractivity contribution in [3.8, 4) is 0 Å². The average Bonchev–Trinajstić information content (AvgIpc) is 2.46. The van der Waals surface area contributed by atoms with Crippen molar-refractivity contribution in [3.05, 3.63) is 35.6 Å². The zero-order valence-electron chi connectivity index (χ0n) is 12.7. The summed E-state index contributed by atoms with van der Waals surface area (Å²) in [6, 6.07) is 6.40. The van der Waals surface area contributed by atoms with Crippen LogP contribution in [0.5, 0.6) is 0 Å². The van der Waals surface area contributed by atoms with E-state index in [9.17, 15) is 9.18 Å². The van der Waals surface area contributed by atoms with E-state index < -0.39 is 0 Å². The molecule has 1 aromatic rings. The van der Waals surface area contributed by atoms with Crippen LogP contribution in [0.4, 0.5) is 4.39 Å². The van der Waals surface area contributed by atoms with Crippen LogP contribution in [0, 0.1) is 11.7 Å². The normalized spacial score (nSPS) is 11.4. The van der Waals surface area contributed by atoms with Crippen LogP contribution in [0.2, 0.25) is 0 Å². The summed E-state index contributed by atoms with van der Waals surface area (Å²) in [6.07, 6.45) is 0. The topological polar surface area (TPSA) is 65.5 Å². The molecular formula is C15H23FN4O. The van der Waals surface area contributed by atoms with Crippen molar-refractivity contribution in [1.29, 1.82) is 0 Å². The molecule has 116 valence electrons. The van der Waals surface area contributed by atoms with Gasteiger partial charge in [0, 0.05) is 32.6 Å². The lowest BCUT2D eigenvalue weighted by atomic mass is 10.2. The van der Waals surface area contributed by atoms with E-state index in [1.165, 1.54) is 12.1 Å². The quantitative estimate of drug-likeness (QED) is 0.420. The molecule has 0 aliphatic rings. The van der Waals surface area contributed by atoms with E-state index in [1.54, 1.807) is 13.1 Å². The molecule has 0 heterocycles. The minimum Gasteiger partial charge on any atom is -0.355 e. The molecule has 21 heavy (non-hydrogen) atoms. The summed E-state index contributed by atoms with van der Waals surface area (Å²) in [7, 11) is 1.66. The van der Waals surface area contributed by atoms with Crippen LogP contribution < -0.4 is 16.0 Å². The summed E-state index contributed by atoms with van der Waals surface area (Å²) in [4.78, 5) is 15.4. The van der Waals surface area contributed by atoms with Gasteiger partial charge in [0.15, 0.2) is 5.96 Å². The zero-order chi connectivity index (χ0) is 15.7. The number of hydrogen-bond donors (Lipinski definition) is 3. The van der Waals surface area contributed by atoms with Crippen LogP contribution in [-0.4, -0.2) is 32.0 Å². The number of nitrogens with one attached hydrogen (secondary N) is 3. The highest BCUT2D eigenvalue weighted by Gasteiger charge is 2.05. The predicted octanol–water partition coefficient (Wildman–Crippen LogP) is 1.26. The first-order valence-electron chi connectivity index (χ1n) is 6.99. The first kappa shape index (κ1) is 16.9. The van der Waals surface area contributed by atoms with Crippen molar-refractivity contribution < 1.29 is 9.18 Å². The van der Waals surface area contributed by atoms with E-state index in [2.05, 4.69) is 20.9 Å². The first-order valence-corrected chi connectivity index (χ1v) is 6.99.